The molecule has 7 nitrogen and oxygen atoms in total. The number of nitrogens with zero attached hydrogens (tertiary/aromatic N) is 4. The SMILES string of the molecule is CSc1ccc(Cc2cc3c(=O)n([C@H]4CCOC[C@@H]4O)cnc3c3c2C=CCN3C)cn1. The summed E-state index contributed by atoms with van der Waals surface area (Å²) in [5.41, 5.74) is 4.81. The zero-order valence-corrected chi connectivity index (χ0v) is 19.0. The summed E-state index contributed by atoms with van der Waals surface area (Å²) >= 11 is 1.62. The molecule has 0 saturated carbocycles. The topological polar surface area (TPSA) is 80.5 Å². The van der Waals surface area contributed by atoms with E-state index in [-0.39, 0.29) is 18.2 Å². The molecule has 166 valence electrons. The van der Waals surface area contributed by atoms with Crippen molar-refractivity contribution in [3.8, 4) is 0 Å². The number of aliphatic hydroxyl groups is 1. The Balaban J connectivity index is 1.66. The molecule has 8 heteroatoms. The summed E-state index contributed by atoms with van der Waals surface area (Å²) in [6.45, 7) is 1.52. The number of likely N-dealkylation sites (N-methyl/N-ethyl adjacent to an activating group) is 1. The molecule has 1 aromatic carbocycles. The van der Waals surface area contributed by atoms with Crippen LogP contribution in [0.3, 0.4) is 0 Å². The van der Waals surface area contributed by atoms with E-state index in [1.165, 1.54) is 0 Å². The molecular weight excluding hydrogens is 424 g/mol. The van der Waals surface area contributed by atoms with Gasteiger partial charge in [0.15, 0.2) is 0 Å². The van der Waals surface area contributed by atoms with Crippen LogP contribution in [0.5, 0.6) is 0 Å². The standard InChI is InChI=1S/C24H26N4O3S/c1-27-8-3-4-17-16(10-15-5-6-21(32-2)25-12-15)11-18-22(23(17)27)26-14-28(24(18)30)19-7-9-31-13-20(19)29/h3-6,11-12,14,19-20,29H,7-10,13H2,1-2H3/t19-,20-/m0/s1. The zero-order valence-electron chi connectivity index (χ0n) is 18.2. The molecule has 4 heterocycles. The lowest BCUT2D eigenvalue weighted by atomic mass is 9.94. The Morgan fingerprint density at radius 1 is 1.31 bits per heavy atom. The molecular formula is C24H26N4O3S. The predicted molar refractivity (Wildman–Crippen MR) is 128 cm³/mol. The minimum Gasteiger partial charge on any atom is -0.389 e. The number of rotatable bonds is 4. The van der Waals surface area contributed by atoms with E-state index in [2.05, 4.69) is 28.1 Å². The molecule has 0 unspecified atom stereocenters. The highest BCUT2D eigenvalue weighted by Gasteiger charge is 2.28. The van der Waals surface area contributed by atoms with Crippen LogP contribution < -0.4 is 10.5 Å². The molecule has 2 aliphatic heterocycles. The van der Waals surface area contributed by atoms with Gasteiger partial charge < -0.3 is 14.7 Å². The van der Waals surface area contributed by atoms with E-state index >= 15 is 0 Å². The Bertz CT molecular complexity index is 1240. The molecule has 2 atom stereocenters. The number of benzene rings is 1. The largest absolute Gasteiger partial charge is 0.389 e. The third kappa shape index (κ3) is 3.72. The van der Waals surface area contributed by atoms with Gasteiger partial charge in [-0.2, -0.15) is 0 Å². The van der Waals surface area contributed by atoms with Crippen molar-refractivity contribution < 1.29 is 9.84 Å². The van der Waals surface area contributed by atoms with Crippen LogP contribution in [0.25, 0.3) is 17.0 Å². The normalized spacial score (nSPS) is 20.5. The Morgan fingerprint density at radius 2 is 2.19 bits per heavy atom. The van der Waals surface area contributed by atoms with Crippen molar-refractivity contribution in [2.75, 3.05) is 38.0 Å². The van der Waals surface area contributed by atoms with E-state index in [9.17, 15) is 9.90 Å². The second-order valence-electron chi connectivity index (χ2n) is 8.32. The van der Waals surface area contributed by atoms with Gasteiger partial charge in [0.2, 0.25) is 0 Å². The number of hydrogen-bond acceptors (Lipinski definition) is 7. The summed E-state index contributed by atoms with van der Waals surface area (Å²) in [6.07, 6.45) is 10.3. The van der Waals surface area contributed by atoms with E-state index in [0.29, 0.717) is 30.4 Å². The van der Waals surface area contributed by atoms with Crippen LogP contribution in [0, 0.1) is 0 Å². The molecule has 5 rings (SSSR count). The van der Waals surface area contributed by atoms with Crippen molar-refractivity contribution in [1.29, 1.82) is 0 Å². The summed E-state index contributed by atoms with van der Waals surface area (Å²) in [5, 5.41) is 12.0. The van der Waals surface area contributed by atoms with Gasteiger partial charge in [0.05, 0.1) is 41.2 Å². The molecule has 2 aliphatic rings. The van der Waals surface area contributed by atoms with Crippen LogP contribution >= 0.6 is 11.8 Å². The van der Waals surface area contributed by atoms with Crippen LogP contribution in [0.15, 0.2) is 46.6 Å². The molecule has 0 aliphatic carbocycles. The van der Waals surface area contributed by atoms with Gasteiger partial charge in [0, 0.05) is 32.0 Å². The molecule has 1 N–H and O–H groups in total. The smallest absolute Gasteiger partial charge is 0.261 e. The van der Waals surface area contributed by atoms with Crippen molar-refractivity contribution in [3.63, 3.8) is 0 Å². The first kappa shape index (κ1) is 21.2. The Hall–Kier alpha value is -2.68. The zero-order chi connectivity index (χ0) is 22.2. The van der Waals surface area contributed by atoms with Gasteiger partial charge in [0.1, 0.15) is 5.52 Å². The van der Waals surface area contributed by atoms with Crippen molar-refractivity contribution in [3.05, 3.63) is 63.8 Å². The maximum atomic E-state index is 13.6. The van der Waals surface area contributed by atoms with E-state index in [1.807, 2.05) is 31.6 Å². The van der Waals surface area contributed by atoms with Crippen LogP contribution in [-0.4, -0.2) is 58.8 Å². The molecule has 2 aromatic heterocycles. The highest BCUT2D eigenvalue weighted by Crippen LogP contribution is 2.35. The number of aliphatic hydroxyl groups excluding tert-OH is 1. The maximum absolute atomic E-state index is 13.6. The van der Waals surface area contributed by atoms with Crippen LogP contribution in [0.4, 0.5) is 5.69 Å². The summed E-state index contributed by atoms with van der Waals surface area (Å²) in [6, 6.07) is 5.76. The number of thioether (sulfide) groups is 1. The molecule has 32 heavy (non-hydrogen) atoms. The van der Waals surface area contributed by atoms with Crippen LogP contribution in [-0.2, 0) is 11.2 Å². The average molecular weight is 451 g/mol. The first-order valence-corrected chi connectivity index (χ1v) is 12.0. The lowest BCUT2D eigenvalue weighted by Gasteiger charge is -2.30. The van der Waals surface area contributed by atoms with Crippen LogP contribution in [0.1, 0.15) is 29.2 Å². The fourth-order valence-electron chi connectivity index (χ4n) is 4.60. The minimum absolute atomic E-state index is 0.121. The van der Waals surface area contributed by atoms with Gasteiger partial charge in [-0.15, -0.1) is 11.8 Å². The number of aromatic nitrogens is 3. The summed E-state index contributed by atoms with van der Waals surface area (Å²) in [4.78, 5) is 24.9. The summed E-state index contributed by atoms with van der Waals surface area (Å²) < 4.78 is 6.93. The van der Waals surface area contributed by atoms with Crippen LogP contribution in [0.2, 0.25) is 0 Å². The number of fused-ring (bicyclic) bond motifs is 3. The first-order chi connectivity index (χ1) is 15.6. The van der Waals surface area contributed by atoms with E-state index in [0.717, 1.165) is 33.9 Å². The fourth-order valence-corrected chi connectivity index (χ4v) is 4.96. The quantitative estimate of drug-likeness (QED) is 0.612. The highest BCUT2D eigenvalue weighted by atomic mass is 32.2. The molecule has 1 saturated heterocycles. The summed E-state index contributed by atoms with van der Waals surface area (Å²) in [7, 11) is 2.02. The van der Waals surface area contributed by atoms with Gasteiger partial charge in [-0.25, -0.2) is 9.97 Å². The van der Waals surface area contributed by atoms with E-state index in [4.69, 9.17) is 9.72 Å². The summed E-state index contributed by atoms with van der Waals surface area (Å²) in [5.74, 6) is 0. The minimum atomic E-state index is -0.718. The van der Waals surface area contributed by atoms with Crippen molar-refractivity contribution in [1.82, 2.24) is 14.5 Å². The number of hydrogen-bond donors (Lipinski definition) is 1. The van der Waals surface area contributed by atoms with Gasteiger partial charge in [-0.3, -0.25) is 9.36 Å². The van der Waals surface area contributed by atoms with Crippen molar-refractivity contribution in [2.45, 2.75) is 30.0 Å². The fraction of sp³-hybridized carbons (Fsp3) is 0.375. The second-order valence-corrected chi connectivity index (χ2v) is 9.14. The van der Waals surface area contributed by atoms with Gasteiger partial charge >= 0.3 is 0 Å². The highest BCUT2D eigenvalue weighted by molar-refractivity contribution is 7.98. The first-order valence-electron chi connectivity index (χ1n) is 10.8. The number of anilines is 1. The molecule has 0 radical (unpaired) electrons. The monoisotopic (exact) mass is 450 g/mol. The molecule has 3 aromatic rings. The number of pyridine rings is 1. The molecule has 0 spiro atoms. The van der Waals surface area contributed by atoms with Gasteiger partial charge in [0.25, 0.3) is 5.56 Å². The van der Waals surface area contributed by atoms with Crippen molar-refractivity contribution in [2.24, 2.45) is 0 Å². The lowest BCUT2D eigenvalue weighted by Crippen LogP contribution is -2.39. The Morgan fingerprint density at radius 3 is 2.94 bits per heavy atom. The Kier molecular flexibility index (Phi) is 5.75. The molecule has 0 amide bonds. The second kappa shape index (κ2) is 8.69. The average Bonchev–Trinajstić information content (AvgIpc) is 2.81. The lowest BCUT2D eigenvalue weighted by molar-refractivity contribution is -0.0395. The predicted octanol–water partition coefficient (Wildman–Crippen LogP) is 2.89. The van der Waals surface area contributed by atoms with Crippen molar-refractivity contribution >= 4 is 34.4 Å². The van der Waals surface area contributed by atoms with E-state index in [1.54, 1.807) is 22.7 Å². The third-order valence-corrected chi connectivity index (χ3v) is 6.93. The molecule has 1 fully saturated rings. The molecule has 0 bridgehead atoms. The maximum Gasteiger partial charge on any atom is 0.261 e. The van der Waals surface area contributed by atoms with E-state index < -0.39 is 6.10 Å². The Labute approximate surface area is 190 Å². The van der Waals surface area contributed by atoms with Gasteiger partial charge in [-0.1, -0.05) is 18.2 Å². The van der Waals surface area contributed by atoms with Gasteiger partial charge in [-0.05, 0) is 42.4 Å². The number of ether oxygens (including phenoxy) is 1. The third-order valence-electron chi connectivity index (χ3n) is 6.27.